The lowest BCUT2D eigenvalue weighted by Gasteiger charge is -2.36. The molecule has 0 spiro atoms. The normalized spacial score (nSPS) is 18.8. The van der Waals surface area contributed by atoms with Crippen molar-refractivity contribution in [2.45, 2.75) is 30.5 Å². The topological polar surface area (TPSA) is 87.3 Å². The molecule has 1 aromatic rings. The number of hydrogen-bond donors (Lipinski definition) is 3. The number of anilines is 2. The van der Waals surface area contributed by atoms with E-state index in [0.29, 0.717) is 11.0 Å². The van der Waals surface area contributed by atoms with Gasteiger partial charge < -0.3 is 15.4 Å². The number of hydrazine groups is 1. The minimum absolute atomic E-state index is 0.555. The molecule has 0 aromatic carbocycles. The molecule has 1 aliphatic heterocycles. The van der Waals surface area contributed by atoms with Gasteiger partial charge in [0.2, 0.25) is 0 Å². The van der Waals surface area contributed by atoms with Crippen molar-refractivity contribution in [3.8, 4) is 0 Å². The Labute approximate surface area is 111 Å². The molecule has 1 saturated heterocycles. The molecule has 0 aliphatic carbocycles. The predicted octanol–water partition coefficient (Wildman–Crippen LogP) is 0.835. The lowest BCUT2D eigenvalue weighted by atomic mass is 9.94. The Hall–Kier alpha value is -1.05. The molecule has 0 bridgehead atoms. The van der Waals surface area contributed by atoms with Crippen LogP contribution in [-0.2, 0) is 0 Å². The Morgan fingerprint density at radius 3 is 2.67 bits per heavy atom. The minimum atomic E-state index is -0.555. The van der Waals surface area contributed by atoms with Crippen LogP contribution in [0.2, 0.25) is 0 Å². The summed E-state index contributed by atoms with van der Waals surface area (Å²) >= 11 is 1.48. The van der Waals surface area contributed by atoms with Gasteiger partial charge in [0.05, 0.1) is 5.60 Å². The van der Waals surface area contributed by atoms with Gasteiger partial charge in [-0.1, -0.05) is 11.8 Å². The van der Waals surface area contributed by atoms with Crippen LogP contribution in [0.4, 0.5) is 11.6 Å². The molecule has 100 valence electrons. The molecular weight excluding hydrogens is 250 g/mol. The summed E-state index contributed by atoms with van der Waals surface area (Å²) in [6, 6.07) is 1.83. The summed E-state index contributed by atoms with van der Waals surface area (Å²) in [5.74, 6) is 6.88. The molecule has 0 radical (unpaired) electrons. The molecule has 0 atom stereocenters. The Balaban J connectivity index is 2.18. The molecule has 4 N–H and O–H groups in total. The second kappa shape index (κ2) is 5.29. The number of rotatable bonds is 3. The average Bonchev–Trinajstić information content (AvgIpc) is 2.38. The van der Waals surface area contributed by atoms with E-state index < -0.39 is 5.60 Å². The second-order valence-electron chi connectivity index (χ2n) is 4.73. The van der Waals surface area contributed by atoms with E-state index in [1.807, 2.05) is 19.2 Å². The van der Waals surface area contributed by atoms with Gasteiger partial charge in [-0.25, -0.2) is 15.8 Å². The van der Waals surface area contributed by atoms with Gasteiger partial charge in [-0.2, -0.15) is 0 Å². The van der Waals surface area contributed by atoms with Crippen LogP contribution in [0.15, 0.2) is 11.2 Å². The number of nitrogens with zero attached hydrogens (tertiary/aromatic N) is 3. The van der Waals surface area contributed by atoms with Crippen LogP contribution in [0, 0.1) is 0 Å². The quantitative estimate of drug-likeness (QED) is 0.324. The fourth-order valence-electron chi connectivity index (χ4n) is 1.96. The number of aromatic nitrogens is 2. The maximum absolute atomic E-state index is 9.94. The van der Waals surface area contributed by atoms with Gasteiger partial charge >= 0.3 is 0 Å². The number of nitrogens with two attached hydrogens (primary N) is 1. The molecule has 0 amide bonds. The number of thioether (sulfide) groups is 1. The number of piperidine rings is 1. The molecule has 2 rings (SSSR count). The van der Waals surface area contributed by atoms with Crippen LogP contribution >= 0.6 is 11.8 Å². The first-order valence-corrected chi connectivity index (χ1v) is 7.13. The summed E-state index contributed by atoms with van der Waals surface area (Å²) in [6.07, 6.45) is 3.42. The third-order valence-corrected chi connectivity index (χ3v) is 3.73. The number of hydrogen-bond acceptors (Lipinski definition) is 7. The van der Waals surface area contributed by atoms with Gasteiger partial charge in [-0.3, -0.25) is 0 Å². The van der Waals surface area contributed by atoms with Gasteiger partial charge in [0.1, 0.15) is 11.6 Å². The van der Waals surface area contributed by atoms with E-state index in [9.17, 15) is 5.11 Å². The molecule has 1 fully saturated rings. The van der Waals surface area contributed by atoms with Crippen molar-refractivity contribution in [1.29, 1.82) is 0 Å². The van der Waals surface area contributed by atoms with Crippen molar-refractivity contribution in [2.75, 3.05) is 29.7 Å². The van der Waals surface area contributed by atoms with Crippen LogP contribution in [-0.4, -0.2) is 40.0 Å². The van der Waals surface area contributed by atoms with E-state index in [1.54, 1.807) is 0 Å². The predicted molar refractivity (Wildman–Crippen MR) is 73.7 cm³/mol. The van der Waals surface area contributed by atoms with E-state index in [-0.39, 0.29) is 0 Å². The number of nitrogens with one attached hydrogen (secondary N) is 1. The van der Waals surface area contributed by atoms with Crippen molar-refractivity contribution in [1.82, 2.24) is 9.97 Å². The van der Waals surface area contributed by atoms with Crippen LogP contribution < -0.4 is 16.2 Å². The van der Waals surface area contributed by atoms with Crippen molar-refractivity contribution in [3.05, 3.63) is 6.07 Å². The van der Waals surface area contributed by atoms with E-state index in [4.69, 9.17) is 5.84 Å². The van der Waals surface area contributed by atoms with E-state index in [0.717, 1.165) is 31.7 Å². The highest BCUT2D eigenvalue weighted by molar-refractivity contribution is 7.98. The van der Waals surface area contributed by atoms with Crippen LogP contribution in [0.5, 0.6) is 0 Å². The maximum atomic E-state index is 9.94. The van der Waals surface area contributed by atoms with E-state index in [1.165, 1.54) is 11.8 Å². The lowest BCUT2D eigenvalue weighted by molar-refractivity contribution is 0.0350. The van der Waals surface area contributed by atoms with Gasteiger partial charge in [-0.05, 0) is 26.0 Å². The minimum Gasteiger partial charge on any atom is -0.390 e. The third kappa shape index (κ3) is 3.04. The summed E-state index contributed by atoms with van der Waals surface area (Å²) in [6.45, 7) is 3.47. The summed E-state index contributed by atoms with van der Waals surface area (Å²) < 4.78 is 0. The monoisotopic (exact) mass is 269 g/mol. The largest absolute Gasteiger partial charge is 0.390 e. The van der Waals surface area contributed by atoms with Crippen molar-refractivity contribution >= 4 is 23.4 Å². The second-order valence-corrected chi connectivity index (χ2v) is 5.50. The molecule has 18 heavy (non-hydrogen) atoms. The zero-order chi connectivity index (χ0) is 13.2. The van der Waals surface area contributed by atoms with Crippen molar-refractivity contribution < 1.29 is 5.11 Å². The average molecular weight is 269 g/mol. The maximum Gasteiger partial charge on any atom is 0.191 e. The van der Waals surface area contributed by atoms with Crippen LogP contribution in [0.3, 0.4) is 0 Å². The molecule has 6 nitrogen and oxygen atoms in total. The Morgan fingerprint density at radius 2 is 2.11 bits per heavy atom. The van der Waals surface area contributed by atoms with Crippen LogP contribution in [0.1, 0.15) is 19.8 Å². The highest BCUT2D eigenvalue weighted by atomic mass is 32.2. The zero-order valence-corrected chi connectivity index (χ0v) is 11.5. The molecule has 7 heteroatoms. The van der Waals surface area contributed by atoms with Gasteiger partial charge in [0, 0.05) is 19.2 Å². The Morgan fingerprint density at radius 1 is 1.44 bits per heavy atom. The van der Waals surface area contributed by atoms with Crippen molar-refractivity contribution in [3.63, 3.8) is 0 Å². The zero-order valence-electron chi connectivity index (χ0n) is 10.7. The van der Waals surface area contributed by atoms with E-state index in [2.05, 4.69) is 20.3 Å². The first-order chi connectivity index (χ1) is 8.54. The van der Waals surface area contributed by atoms with E-state index >= 15 is 0 Å². The summed E-state index contributed by atoms with van der Waals surface area (Å²) in [5, 5.41) is 10.6. The summed E-state index contributed by atoms with van der Waals surface area (Å²) in [5.41, 5.74) is 2.00. The highest BCUT2D eigenvalue weighted by Gasteiger charge is 2.28. The lowest BCUT2D eigenvalue weighted by Crippen LogP contribution is -2.42. The van der Waals surface area contributed by atoms with Gasteiger partial charge in [0.15, 0.2) is 5.16 Å². The number of nitrogen functional groups attached to an aromatic ring is 1. The molecule has 2 heterocycles. The Bertz CT molecular complexity index is 394. The van der Waals surface area contributed by atoms with Gasteiger partial charge in [0.25, 0.3) is 0 Å². The SMILES string of the molecule is CSc1nc(NN)cc(N2CCC(C)(O)CC2)n1. The standard InChI is InChI=1S/C11H19N5OS/c1-11(17)3-5-16(6-4-11)9-7-8(15-12)13-10(14-9)18-2/h7,17H,3-6,12H2,1-2H3,(H,13,14,15). The molecule has 1 aliphatic rings. The first-order valence-electron chi connectivity index (χ1n) is 5.91. The summed E-state index contributed by atoms with van der Waals surface area (Å²) in [4.78, 5) is 10.9. The molecule has 0 saturated carbocycles. The van der Waals surface area contributed by atoms with Crippen molar-refractivity contribution in [2.24, 2.45) is 5.84 Å². The first kappa shape index (κ1) is 13.4. The number of aliphatic hydroxyl groups is 1. The fraction of sp³-hybridized carbons (Fsp3) is 0.636. The molecular formula is C11H19N5OS. The third-order valence-electron chi connectivity index (χ3n) is 3.19. The smallest absolute Gasteiger partial charge is 0.191 e. The fourth-order valence-corrected chi connectivity index (χ4v) is 2.33. The molecule has 0 unspecified atom stereocenters. The highest BCUT2D eigenvalue weighted by Crippen LogP contribution is 2.26. The summed E-state index contributed by atoms with van der Waals surface area (Å²) in [7, 11) is 0. The van der Waals surface area contributed by atoms with Gasteiger partial charge in [-0.15, -0.1) is 0 Å². The molecule has 1 aromatic heterocycles. The Kier molecular flexibility index (Phi) is 3.94. The van der Waals surface area contributed by atoms with Crippen LogP contribution in [0.25, 0.3) is 0 Å².